The summed E-state index contributed by atoms with van der Waals surface area (Å²) < 4.78 is 5.44. The highest BCUT2D eigenvalue weighted by Crippen LogP contribution is 2.44. The zero-order valence-electron chi connectivity index (χ0n) is 16.9. The molecule has 4 heteroatoms. The Hall–Kier alpha value is -2.12. The molecule has 4 unspecified atom stereocenters. The fourth-order valence-electron chi connectivity index (χ4n) is 4.55. The predicted molar refractivity (Wildman–Crippen MR) is 111 cm³/mol. The van der Waals surface area contributed by atoms with Crippen LogP contribution in [0.15, 0.2) is 41.1 Å². The van der Waals surface area contributed by atoms with Gasteiger partial charge in [0.1, 0.15) is 5.76 Å². The number of hydrogen-bond donors (Lipinski definition) is 1. The standard InChI is InChI=1S/C24H32N2O2/c1-3-4-5-11-24(27)23-14-12-18(17-26-23)20-13-15-22(25-2)21(20)10-6-8-19-9-7-16-28-19/h7,9,12,14,16-17,20-22,24,27H,3-6,8,10-11,13,15H2,1H3. The number of pyridine rings is 1. The van der Waals surface area contributed by atoms with Crippen LogP contribution >= 0.6 is 0 Å². The zero-order valence-corrected chi connectivity index (χ0v) is 16.9. The predicted octanol–water partition coefficient (Wildman–Crippen LogP) is 6.09. The summed E-state index contributed by atoms with van der Waals surface area (Å²) >= 11 is 0. The molecule has 0 saturated heterocycles. The molecule has 0 amide bonds. The van der Waals surface area contributed by atoms with Gasteiger partial charge in [0.25, 0.3) is 0 Å². The zero-order chi connectivity index (χ0) is 19.8. The molecule has 0 bridgehead atoms. The largest absolute Gasteiger partial charge is 0.469 e. The highest BCUT2D eigenvalue weighted by atomic mass is 16.3. The second-order valence-electron chi connectivity index (χ2n) is 8.04. The number of unbranched alkanes of at least 4 members (excludes halogenated alkanes) is 2. The molecule has 2 heterocycles. The molecule has 4 atom stereocenters. The van der Waals surface area contributed by atoms with Crippen LogP contribution in [-0.2, 0) is 6.42 Å². The lowest BCUT2D eigenvalue weighted by molar-refractivity contribution is 0.159. The quantitative estimate of drug-likeness (QED) is 0.401. The van der Waals surface area contributed by atoms with E-state index in [1.807, 2.05) is 24.4 Å². The summed E-state index contributed by atoms with van der Waals surface area (Å²) in [4.78, 5) is 8.48. The van der Waals surface area contributed by atoms with E-state index in [0.717, 1.165) is 69.2 Å². The van der Waals surface area contributed by atoms with E-state index >= 15 is 0 Å². The van der Waals surface area contributed by atoms with Crippen LogP contribution in [0, 0.1) is 12.5 Å². The molecule has 1 saturated carbocycles. The lowest BCUT2D eigenvalue weighted by atomic mass is 9.84. The van der Waals surface area contributed by atoms with E-state index in [9.17, 15) is 5.11 Å². The van der Waals surface area contributed by atoms with Crippen molar-refractivity contribution in [3.63, 3.8) is 0 Å². The third kappa shape index (κ3) is 5.23. The molecule has 4 nitrogen and oxygen atoms in total. The molecule has 2 aromatic heterocycles. The highest BCUT2D eigenvalue weighted by Gasteiger charge is 2.40. The second kappa shape index (κ2) is 10.4. The molecule has 0 radical (unpaired) electrons. The Bertz CT molecular complexity index is 733. The third-order valence-corrected chi connectivity index (χ3v) is 6.15. The molecule has 1 aliphatic rings. The highest BCUT2D eigenvalue weighted by molar-refractivity contribution is 5.23. The Kier molecular flexibility index (Phi) is 7.68. The Morgan fingerprint density at radius 1 is 1.25 bits per heavy atom. The monoisotopic (exact) mass is 380 g/mol. The van der Waals surface area contributed by atoms with Crippen LogP contribution in [0.3, 0.4) is 0 Å². The van der Waals surface area contributed by atoms with E-state index in [2.05, 4.69) is 22.8 Å². The van der Waals surface area contributed by atoms with Crippen LogP contribution in [0.5, 0.6) is 0 Å². The molecule has 1 N–H and O–H groups in total. The van der Waals surface area contributed by atoms with E-state index in [4.69, 9.17) is 11.0 Å². The van der Waals surface area contributed by atoms with Gasteiger partial charge >= 0.3 is 0 Å². The summed E-state index contributed by atoms with van der Waals surface area (Å²) in [6.07, 6.45) is 12.4. The molecule has 1 fully saturated rings. The van der Waals surface area contributed by atoms with Crippen LogP contribution in [-0.4, -0.2) is 16.1 Å². The summed E-state index contributed by atoms with van der Waals surface area (Å²) in [5.74, 6) is 1.81. The molecular formula is C24H32N2O2. The first-order chi connectivity index (χ1) is 13.7. The average Bonchev–Trinajstić information content (AvgIpc) is 3.38. The van der Waals surface area contributed by atoms with E-state index in [1.54, 1.807) is 6.26 Å². The van der Waals surface area contributed by atoms with Gasteiger partial charge in [-0.15, -0.1) is 0 Å². The Labute approximate surface area is 168 Å². The maximum absolute atomic E-state index is 10.3. The van der Waals surface area contributed by atoms with Gasteiger partial charge in [0.2, 0.25) is 6.04 Å². The first-order valence-corrected chi connectivity index (χ1v) is 10.8. The van der Waals surface area contributed by atoms with Crippen molar-refractivity contribution in [1.82, 2.24) is 4.98 Å². The summed E-state index contributed by atoms with van der Waals surface area (Å²) in [5.41, 5.74) is 1.99. The molecule has 28 heavy (non-hydrogen) atoms. The minimum atomic E-state index is -0.468. The lowest BCUT2D eigenvalue weighted by Crippen LogP contribution is -2.16. The summed E-state index contributed by atoms with van der Waals surface area (Å²) in [5, 5.41) is 10.3. The normalized spacial score (nSPS) is 22.8. The maximum Gasteiger partial charge on any atom is 0.227 e. The van der Waals surface area contributed by atoms with E-state index in [-0.39, 0.29) is 6.04 Å². The molecule has 2 aromatic rings. The number of aromatic nitrogens is 1. The lowest BCUT2D eigenvalue weighted by Gasteiger charge is -2.20. The van der Waals surface area contributed by atoms with E-state index in [0.29, 0.717) is 11.8 Å². The first-order valence-electron chi connectivity index (χ1n) is 10.8. The number of aliphatic hydroxyl groups excluding tert-OH is 1. The first kappa shape index (κ1) is 20.6. The number of hydrogen-bond acceptors (Lipinski definition) is 3. The Morgan fingerprint density at radius 3 is 2.82 bits per heavy atom. The van der Waals surface area contributed by atoms with Crippen LogP contribution < -0.4 is 0 Å². The van der Waals surface area contributed by atoms with Crippen molar-refractivity contribution in [3.05, 3.63) is 65.2 Å². The smallest absolute Gasteiger partial charge is 0.227 e. The minimum Gasteiger partial charge on any atom is -0.469 e. The molecule has 1 aliphatic carbocycles. The van der Waals surface area contributed by atoms with Crippen molar-refractivity contribution in [2.24, 2.45) is 5.92 Å². The molecule has 0 spiro atoms. The van der Waals surface area contributed by atoms with Gasteiger partial charge in [-0.1, -0.05) is 32.3 Å². The van der Waals surface area contributed by atoms with Gasteiger partial charge in [0, 0.05) is 25.0 Å². The summed E-state index contributed by atoms with van der Waals surface area (Å²) in [6, 6.07) is 8.17. The summed E-state index contributed by atoms with van der Waals surface area (Å²) in [7, 11) is 0. The molecule has 3 rings (SSSR count). The van der Waals surface area contributed by atoms with Gasteiger partial charge in [-0.3, -0.25) is 4.98 Å². The van der Waals surface area contributed by atoms with Crippen molar-refractivity contribution in [2.45, 2.75) is 82.8 Å². The Morgan fingerprint density at radius 2 is 2.14 bits per heavy atom. The maximum atomic E-state index is 10.3. The van der Waals surface area contributed by atoms with Gasteiger partial charge in [-0.25, -0.2) is 6.57 Å². The molecule has 0 aliphatic heterocycles. The van der Waals surface area contributed by atoms with Crippen molar-refractivity contribution >= 4 is 0 Å². The Balaban J connectivity index is 1.60. The van der Waals surface area contributed by atoms with E-state index in [1.165, 1.54) is 5.56 Å². The fourth-order valence-corrected chi connectivity index (χ4v) is 4.55. The summed E-state index contributed by atoms with van der Waals surface area (Å²) in [6.45, 7) is 9.76. The molecule has 0 aromatic carbocycles. The molecular weight excluding hydrogens is 348 g/mol. The van der Waals surface area contributed by atoms with Gasteiger partial charge in [0.15, 0.2) is 0 Å². The van der Waals surface area contributed by atoms with E-state index < -0.39 is 6.10 Å². The topological polar surface area (TPSA) is 50.6 Å². The van der Waals surface area contributed by atoms with Crippen molar-refractivity contribution in [2.75, 3.05) is 0 Å². The number of aliphatic hydroxyl groups is 1. The van der Waals surface area contributed by atoms with Gasteiger partial charge in [0.05, 0.1) is 18.1 Å². The van der Waals surface area contributed by atoms with Crippen LogP contribution in [0.1, 0.15) is 87.3 Å². The SMILES string of the molecule is [C-]#[N+]C1CCC(c2ccc(C(O)CCCCC)nc2)C1CCCc1ccco1. The number of rotatable bonds is 10. The molecule has 150 valence electrons. The van der Waals surface area contributed by atoms with Gasteiger partial charge in [-0.2, -0.15) is 0 Å². The number of nitrogens with zero attached hydrogens (tertiary/aromatic N) is 2. The van der Waals surface area contributed by atoms with Crippen LogP contribution in [0.4, 0.5) is 0 Å². The second-order valence-corrected chi connectivity index (χ2v) is 8.04. The minimum absolute atomic E-state index is 0.112. The fraction of sp³-hybridized carbons (Fsp3) is 0.583. The van der Waals surface area contributed by atoms with Gasteiger partial charge in [-0.05, 0) is 55.4 Å². The third-order valence-electron chi connectivity index (χ3n) is 6.15. The number of aryl methyl sites for hydroxylation is 1. The van der Waals surface area contributed by atoms with Crippen LogP contribution in [0.25, 0.3) is 4.85 Å². The van der Waals surface area contributed by atoms with Crippen molar-refractivity contribution in [1.29, 1.82) is 0 Å². The number of furan rings is 1. The average molecular weight is 381 g/mol. The van der Waals surface area contributed by atoms with Crippen molar-refractivity contribution < 1.29 is 9.52 Å². The van der Waals surface area contributed by atoms with Gasteiger partial charge < -0.3 is 14.4 Å². The van der Waals surface area contributed by atoms with Crippen LogP contribution in [0.2, 0.25) is 0 Å². The van der Waals surface area contributed by atoms with Crippen molar-refractivity contribution in [3.8, 4) is 0 Å².